The monoisotopic (exact) mass is 350 g/mol. The number of hydrogen-bond acceptors (Lipinski definition) is 6. The van der Waals surface area contributed by atoms with E-state index in [4.69, 9.17) is 0 Å². The van der Waals surface area contributed by atoms with Crippen molar-refractivity contribution in [3.05, 3.63) is 60.7 Å². The second-order valence-corrected chi connectivity index (χ2v) is 6.18. The molecule has 1 N–H and O–H groups in total. The molecule has 0 fully saturated rings. The Morgan fingerprint density at radius 3 is 2.21 bits per heavy atom. The van der Waals surface area contributed by atoms with E-state index < -0.39 is 10.1 Å². The van der Waals surface area contributed by atoms with E-state index in [1.54, 1.807) is 6.07 Å². The maximum Gasteiger partial charge on any atom is 1.00 e. The molecule has 0 atom stereocenters. The molecular formula is C16H11N2NaO4S. The molecule has 0 bridgehead atoms. The standard InChI is InChI=1S/C16H12N2O4S.Na/c19-15-10-5-11-3-1-2-4-14(11)16(15)18-17-12-6-8-13(9-7-12)23(20,21)22;/h1-10,19H,(H,20,21,22);/q;+1/p-1/b18-17+;. The molecule has 0 saturated heterocycles. The minimum absolute atomic E-state index is 0. The van der Waals surface area contributed by atoms with Crippen molar-refractivity contribution in [1.82, 2.24) is 0 Å². The van der Waals surface area contributed by atoms with Crippen molar-refractivity contribution in [3.63, 3.8) is 0 Å². The van der Waals surface area contributed by atoms with Crippen molar-refractivity contribution >= 4 is 32.3 Å². The molecular weight excluding hydrogens is 339 g/mol. The van der Waals surface area contributed by atoms with Crippen LogP contribution in [0.2, 0.25) is 0 Å². The molecule has 6 nitrogen and oxygen atoms in total. The summed E-state index contributed by atoms with van der Waals surface area (Å²) in [5, 5.41) is 19.6. The number of hydrogen-bond donors (Lipinski definition) is 1. The Morgan fingerprint density at radius 2 is 1.54 bits per heavy atom. The predicted octanol–water partition coefficient (Wildman–Crippen LogP) is 0.869. The van der Waals surface area contributed by atoms with Gasteiger partial charge < -0.3 is 9.66 Å². The van der Waals surface area contributed by atoms with Gasteiger partial charge in [-0.1, -0.05) is 30.3 Å². The van der Waals surface area contributed by atoms with Gasteiger partial charge >= 0.3 is 29.6 Å². The third kappa shape index (κ3) is 4.00. The van der Waals surface area contributed by atoms with Crippen molar-refractivity contribution in [2.24, 2.45) is 10.2 Å². The number of aromatic hydroxyl groups is 1. The Morgan fingerprint density at radius 1 is 0.875 bits per heavy atom. The van der Waals surface area contributed by atoms with E-state index in [0.717, 1.165) is 10.8 Å². The van der Waals surface area contributed by atoms with Crippen LogP contribution < -0.4 is 29.6 Å². The summed E-state index contributed by atoms with van der Waals surface area (Å²) >= 11 is 0. The molecule has 0 heterocycles. The maximum absolute atomic E-state index is 10.9. The summed E-state index contributed by atoms with van der Waals surface area (Å²) in [6, 6.07) is 15.8. The van der Waals surface area contributed by atoms with Crippen LogP contribution in [0.4, 0.5) is 11.4 Å². The first kappa shape index (κ1) is 18.6. The predicted molar refractivity (Wildman–Crippen MR) is 84.2 cm³/mol. The number of rotatable bonds is 3. The van der Waals surface area contributed by atoms with Crippen LogP contribution in [-0.2, 0) is 10.1 Å². The number of azo groups is 1. The van der Waals surface area contributed by atoms with Crippen LogP contribution in [0, 0.1) is 0 Å². The largest absolute Gasteiger partial charge is 1.00 e. The normalized spacial score (nSPS) is 11.5. The van der Waals surface area contributed by atoms with Crippen LogP contribution in [0.5, 0.6) is 5.75 Å². The number of nitrogens with zero attached hydrogens (tertiary/aromatic N) is 2. The van der Waals surface area contributed by atoms with Crippen LogP contribution in [0.25, 0.3) is 10.8 Å². The number of phenols is 1. The second-order valence-electron chi connectivity index (χ2n) is 4.80. The van der Waals surface area contributed by atoms with Gasteiger partial charge in [-0.25, -0.2) is 8.42 Å². The molecule has 0 aromatic heterocycles. The Kier molecular flexibility index (Phi) is 5.74. The molecule has 8 heteroatoms. The Labute approximate surface area is 160 Å². The molecule has 3 rings (SSSR count). The quantitative estimate of drug-likeness (QED) is 0.430. The van der Waals surface area contributed by atoms with Crippen molar-refractivity contribution in [3.8, 4) is 5.75 Å². The second kappa shape index (κ2) is 7.42. The van der Waals surface area contributed by atoms with Gasteiger partial charge in [-0.05, 0) is 35.7 Å². The summed E-state index contributed by atoms with van der Waals surface area (Å²) in [4.78, 5) is -0.329. The molecule has 3 aromatic rings. The molecule has 0 aliphatic heterocycles. The van der Waals surface area contributed by atoms with Gasteiger partial charge in [-0.15, -0.1) is 5.11 Å². The molecule has 0 aliphatic carbocycles. The van der Waals surface area contributed by atoms with E-state index in [-0.39, 0.29) is 40.2 Å². The van der Waals surface area contributed by atoms with Crippen molar-refractivity contribution in [2.45, 2.75) is 4.90 Å². The number of phenolic OH excluding ortho intramolecular Hbond substituents is 1. The Bertz CT molecular complexity index is 1000. The van der Waals surface area contributed by atoms with Crippen LogP contribution >= 0.6 is 0 Å². The van der Waals surface area contributed by atoms with Crippen LogP contribution in [0.3, 0.4) is 0 Å². The Hall–Kier alpha value is -1.77. The van der Waals surface area contributed by atoms with Crippen LogP contribution in [-0.4, -0.2) is 18.1 Å². The molecule has 3 aromatic carbocycles. The fourth-order valence-corrected chi connectivity index (χ4v) is 2.61. The topological polar surface area (TPSA) is 102 Å². The van der Waals surface area contributed by atoms with Gasteiger partial charge in [0.25, 0.3) is 0 Å². The molecule has 0 amide bonds. The van der Waals surface area contributed by atoms with E-state index in [1.165, 1.54) is 30.3 Å². The van der Waals surface area contributed by atoms with Crippen LogP contribution in [0.1, 0.15) is 0 Å². The molecule has 0 aliphatic rings. The molecule has 0 spiro atoms. The van der Waals surface area contributed by atoms with E-state index in [2.05, 4.69) is 10.2 Å². The molecule has 0 saturated carbocycles. The van der Waals surface area contributed by atoms with E-state index in [9.17, 15) is 18.1 Å². The summed E-state index contributed by atoms with van der Waals surface area (Å²) in [5.41, 5.74) is 0.688. The van der Waals surface area contributed by atoms with Gasteiger partial charge in [0.1, 0.15) is 21.6 Å². The summed E-state index contributed by atoms with van der Waals surface area (Å²) in [6.07, 6.45) is 0. The third-order valence-corrected chi connectivity index (χ3v) is 4.12. The first-order chi connectivity index (χ1) is 10.9. The first-order valence-electron chi connectivity index (χ1n) is 6.63. The molecule has 116 valence electrons. The fourth-order valence-electron chi connectivity index (χ4n) is 2.14. The minimum Gasteiger partial charge on any atom is -0.744 e. The van der Waals surface area contributed by atoms with Gasteiger partial charge in [0.2, 0.25) is 0 Å². The average molecular weight is 350 g/mol. The smallest absolute Gasteiger partial charge is 0.744 e. The third-order valence-electron chi connectivity index (χ3n) is 3.27. The van der Waals surface area contributed by atoms with Gasteiger partial charge in [0.05, 0.1) is 10.6 Å². The minimum atomic E-state index is -4.48. The zero-order valence-electron chi connectivity index (χ0n) is 12.7. The summed E-state index contributed by atoms with van der Waals surface area (Å²) in [6.45, 7) is 0. The van der Waals surface area contributed by atoms with Gasteiger partial charge in [0.15, 0.2) is 0 Å². The van der Waals surface area contributed by atoms with E-state index in [0.29, 0.717) is 11.4 Å². The zero-order valence-corrected chi connectivity index (χ0v) is 15.6. The summed E-state index contributed by atoms with van der Waals surface area (Å²) in [7, 11) is -4.48. The van der Waals surface area contributed by atoms with E-state index in [1.807, 2.05) is 24.3 Å². The van der Waals surface area contributed by atoms with Gasteiger partial charge in [0, 0.05) is 5.39 Å². The number of fused-ring (bicyclic) bond motifs is 1. The average Bonchev–Trinajstić information content (AvgIpc) is 2.53. The van der Waals surface area contributed by atoms with Crippen molar-refractivity contribution in [1.29, 1.82) is 0 Å². The maximum atomic E-state index is 10.9. The van der Waals surface area contributed by atoms with Gasteiger partial charge in [-0.2, -0.15) is 5.11 Å². The van der Waals surface area contributed by atoms with Crippen LogP contribution in [0.15, 0.2) is 75.8 Å². The molecule has 24 heavy (non-hydrogen) atoms. The van der Waals surface area contributed by atoms with Gasteiger partial charge in [-0.3, -0.25) is 0 Å². The SMILES string of the molecule is O=S(=O)([O-])c1ccc(/N=N/c2c(O)ccc3ccccc23)cc1.[Na+]. The van der Waals surface area contributed by atoms with Crippen molar-refractivity contribution < 1.29 is 47.6 Å². The Balaban J connectivity index is 0.00000208. The fraction of sp³-hybridized carbons (Fsp3) is 0. The zero-order chi connectivity index (χ0) is 16.4. The first-order valence-corrected chi connectivity index (χ1v) is 8.04. The number of benzene rings is 3. The molecule has 0 radical (unpaired) electrons. The summed E-state index contributed by atoms with van der Waals surface area (Å²) in [5.74, 6) is -0.00814. The van der Waals surface area contributed by atoms with Crippen molar-refractivity contribution in [2.75, 3.05) is 0 Å². The molecule has 0 unspecified atom stereocenters. The summed E-state index contributed by atoms with van der Waals surface area (Å²) < 4.78 is 32.6. The van der Waals surface area contributed by atoms with E-state index >= 15 is 0 Å².